The first-order valence-corrected chi connectivity index (χ1v) is 7.30. The summed E-state index contributed by atoms with van der Waals surface area (Å²) in [4.78, 5) is 16.8. The fraction of sp³-hybridized carbons (Fsp3) is 0.0588. The Kier molecular flexibility index (Phi) is 3.33. The van der Waals surface area contributed by atoms with Gasteiger partial charge in [0.1, 0.15) is 0 Å². The maximum atomic E-state index is 12.5. The van der Waals surface area contributed by atoms with Crippen LogP contribution >= 0.6 is 0 Å². The van der Waals surface area contributed by atoms with Gasteiger partial charge in [-0.1, -0.05) is 12.1 Å². The lowest BCUT2D eigenvalue weighted by molar-refractivity contribution is 0.102. The molecule has 6 heteroatoms. The summed E-state index contributed by atoms with van der Waals surface area (Å²) < 4.78 is 5.15. The Morgan fingerprint density at radius 2 is 2.13 bits per heavy atom. The van der Waals surface area contributed by atoms with Crippen LogP contribution in [0.2, 0.25) is 0 Å². The van der Waals surface area contributed by atoms with E-state index in [4.69, 9.17) is 4.65 Å². The Labute approximate surface area is 133 Å². The highest BCUT2D eigenvalue weighted by Crippen LogP contribution is 2.22. The summed E-state index contributed by atoms with van der Waals surface area (Å²) in [5.41, 5.74) is 3.64. The molecule has 2 heterocycles. The molecule has 0 fully saturated rings. The molecule has 2 N–H and O–H groups in total. The summed E-state index contributed by atoms with van der Waals surface area (Å²) in [7, 11) is -0.897. The predicted octanol–water partition coefficient (Wildman–Crippen LogP) is 1.70. The first kappa shape index (κ1) is 13.9. The second kappa shape index (κ2) is 5.50. The standard InChI is InChI=1S/C17H13BN2O3/c21-17(11-6-7-14-12(9-11)10-23-18(14)22)20-16-5-1-4-15-13(16)3-2-8-19-15/h1-9,22H,10H2,(H,20,21). The summed E-state index contributed by atoms with van der Waals surface area (Å²) in [6.45, 7) is 0.315. The molecule has 0 radical (unpaired) electrons. The third-order valence-corrected chi connectivity index (χ3v) is 3.96. The van der Waals surface area contributed by atoms with Crippen LogP contribution < -0.4 is 10.8 Å². The zero-order valence-corrected chi connectivity index (χ0v) is 12.2. The van der Waals surface area contributed by atoms with Crippen LogP contribution in [0, 0.1) is 0 Å². The average Bonchev–Trinajstić information content (AvgIpc) is 2.96. The molecule has 0 unspecified atom stereocenters. The number of pyridine rings is 1. The molecule has 1 aliphatic heterocycles. The van der Waals surface area contributed by atoms with Gasteiger partial charge in [-0.2, -0.15) is 0 Å². The van der Waals surface area contributed by atoms with Crippen LogP contribution in [0.15, 0.2) is 54.7 Å². The van der Waals surface area contributed by atoms with Gasteiger partial charge in [0.2, 0.25) is 0 Å². The number of anilines is 1. The first-order valence-electron chi connectivity index (χ1n) is 7.30. The van der Waals surface area contributed by atoms with Gasteiger partial charge in [-0.15, -0.1) is 0 Å². The number of nitrogens with zero attached hydrogens (tertiary/aromatic N) is 1. The van der Waals surface area contributed by atoms with Crippen LogP contribution in [-0.4, -0.2) is 23.0 Å². The van der Waals surface area contributed by atoms with E-state index in [0.717, 1.165) is 27.6 Å². The lowest BCUT2D eigenvalue weighted by atomic mass is 9.79. The number of aromatic nitrogens is 1. The summed E-state index contributed by atoms with van der Waals surface area (Å²) in [5, 5.41) is 13.4. The number of carbonyl (C=O) groups excluding carboxylic acids is 1. The van der Waals surface area contributed by atoms with Gasteiger partial charge in [0.25, 0.3) is 5.91 Å². The van der Waals surface area contributed by atoms with Crippen LogP contribution in [0.1, 0.15) is 15.9 Å². The molecule has 1 amide bonds. The van der Waals surface area contributed by atoms with Crippen molar-refractivity contribution in [2.75, 3.05) is 5.32 Å². The van der Waals surface area contributed by atoms with Crippen molar-refractivity contribution in [1.82, 2.24) is 4.98 Å². The van der Waals surface area contributed by atoms with Crippen LogP contribution in [0.3, 0.4) is 0 Å². The SMILES string of the molecule is O=C(Nc1cccc2ncccc12)c1ccc2c(c1)COB2O. The van der Waals surface area contributed by atoms with Crippen molar-refractivity contribution < 1.29 is 14.5 Å². The fourth-order valence-corrected chi connectivity index (χ4v) is 2.78. The number of fused-ring (bicyclic) bond motifs is 2. The maximum Gasteiger partial charge on any atom is 0.491 e. The Morgan fingerprint density at radius 3 is 3.04 bits per heavy atom. The largest absolute Gasteiger partial charge is 0.491 e. The molecule has 0 bridgehead atoms. The molecule has 2 aromatic carbocycles. The molecule has 4 rings (SSSR count). The van der Waals surface area contributed by atoms with Crippen molar-refractivity contribution in [2.45, 2.75) is 6.61 Å². The number of amides is 1. The lowest BCUT2D eigenvalue weighted by Gasteiger charge is -2.09. The van der Waals surface area contributed by atoms with E-state index < -0.39 is 7.12 Å². The minimum absolute atomic E-state index is 0.203. The molecular formula is C17H13BN2O3. The van der Waals surface area contributed by atoms with Crippen LogP contribution in [0.4, 0.5) is 5.69 Å². The summed E-state index contributed by atoms with van der Waals surface area (Å²) in [5.74, 6) is -0.203. The topological polar surface area (TPSA) is 71.5 Å². The van der Waals surface area contributed by atoms with Crippen molar-refractivity contribution in [2.24, 2.45) is 0 Å². The van der Waals surface area contributed by atoms with Crippen molar-refractivity contribution in [3.8, 4) is 0 Å². The monoisotopic (exact) mass is 304 g/mol. The van der Waals surface area contributed by atoms with Crippen LogP contribution in [0.25, 0.3) is 10.9 Å². The van der Waals surface area contributed by atoms with Crippen LogP contribution in [0.5, 0.6) is 0 Å². The van der Waals surface area contributed by atoms with E-state index >= 15 is 0 Å². The van der Waals surface area contributed by atoms with Gasteiger partial charge in [-0.05, 0) is 47.4 Å². The zero-order valence-electron chi connectivity index (χ0n) is 12.2. The molecule has 1 aromatic heterocycles. The molecule has 0 saturated carbocycles. The number of nitrogens with one attached hydrogen (secondary N) is 1. The molecule has 5 nitrogen and oxygen atoms in total. The Morgan fingerprint density at radius 1 is 1.22 bits per heavy atom. The summed E-state index contributed by atoms with van der Waals surface area (Å²) in [6, 6.07) is 14.5. The van der Waals surface area contributed by atoms with E-state index in [2.05, 4.69) is 10.3 Å². The number of hydrogen-bond acceptors (Lipinski definition) is 4. The fourth-order valence-electron chi connectivity index (χ4n) is 2.78. The van der Waals surface area contributed by atoms with Crippen molar-refractivity contribution in [3.63, 3.8) is 0 Å². The van der Waals surface area contributed by atoms with Gasteiger partial charge in [0.15, 0.2) is 0 Å². The second-order valence-electron chi connectivity index (χ2n) is 5.41. The number of carbonyl (C=O) groups is 1. The summed E-state index contributed by atoms with van der Waals surface area (Å²) >= 11 is 0. The molecule has 0 spiro atoms. The molecule has 1 aliphatic rings. The third kappa shape index (κ3) is 2.48. The van der Waals surface area contributed by atoms with Gasteiger partial charge in [-0.25, -0.2) is 0 Å². The van der Waals surface area contributed by atoms with Gasteiger partial charge >= 0.3 is 7.12 Å². The smallest absolute Gasteiger partial charge is 0.423 e. The average molecular weight is 304 g/mol. The van der Waals surface area contributed by atoms with E-state index in [1.54, 1.807) is 24.4 Å². The number of rotatable bonds is 2. The predicted molar refractivity (Wildman–Crippen MR) is 88.5 cm³/mol. The Bertz CT molecular complexity index is 908. The van der Waals surface area contributed by atoms with Crippen molar-refractivity contribution in [1.29, 1.82) is 0 Å². The lowest BCUT2D eigenvalue weighted by Crippen LogP contribution is -2.28. The van der Waals surface area contributed by atoms with Crippen molar-refractivity contribution >= 4 is 35.1 Å². The van der Waals surface area contributed by atoms with Crippen molar-refractivity contribution in [3.05, 3.63) is 65.9 Å². The molecule has 112 valence electrons. The molecular weight excluding hydrogens is 291 g/mol. The van der Waals surface area contributed by atoms with Gasteiger partial charge in [0, 0.05) is 17.1 Å². The first-order chi connectivity index (χ1) is 11.2. The third-order valence-electron chi connectivity index (χ3n) is 3.96. The summed E-state index contributed by atoms with van der Waals surface area (Å²) in [6.07, 6.45) is 1.72. The molecule has 0 aliphatic carbocycles. The highest BCUT2D eigenvalue weighted by Gasteiger charge is 2.27. The Balaban J connectivity index is 1.65. The molecule has 0 atom stereocenters. The second-order valence-corrected chi connectivity index (χ2v) is 5.41. The van der Waals surface area contributed by atoms with Gasteiger partial charge in [0.05, 0.1) is 17.8 Å². The van der Waals surface area contributed by atoms with E-state index in [-0.39, 0.29) is 5.91 Å². The molecule has 0 saturated heterocycles. The molecule has 3 aromatic rings. The van der Waals surface area contributed by atoms with Gasteiger partial charge < -0.3 is 15.0 Å². The zero-order chi connectivity index (χ0) is 15.8. The number of benzene rings is 2. The van der Waals surface area contributed by atoms with E-state index in [1.807, 2.05) is 30.3 Å². The normalized spacial score (nSPS) is 13.2. The highest BCUT2D eigenvalue weighted by molar-refractivity contribution is 6.61. The minimum atomic E-state index is -0.897. The van der Waals surface area contributed by atoms with Crippen LogP contribution in [-0.2, 0) is 11.3 Å². The Hall–Kier alpha value is -2.70. The quantitative estimate of drug-likeness (QED) is 0.707. The maximum absolute atomic E-state index is 12.5. The number of hydrogen-bond donors (Lipinski definition) is 2. The highest BCUT2D eigenvalue weighted by atomic mass is 16.5. The van der Waals surface area contributed by atoms with E-state index in [1.165, 1.54) is 0 Å². The van der Waals surface area contributed by atoms with E-state index in [9.17, 15) is 9.82 Å². The van der Waals surface area contributed by atoms with Gasteiger partial charge in [-0.3, -0.25) is 9.78 Å². The minimum Gasteiger partial charge on any atom is -0.423 e. The van der Waals surface area contributed by atoms with E-state index in [0.29, 0.717) is 12.2 Å². The molecule has 23 heavy (non-hydrogen) atoms.